The molecule has 24 heavy (non-hydrogen) atoms. The average Bonchev–Trinajstić information content (AvgIpc) is 2.82. The molecule has 0 aromatic carbocycles. The van der Waals surface area contributed by atoms with Crippen LogP contribution in [-0.4, -0.2) is 34.8 Å². The molecule has 3 aliphatic carbocycles. The fourth-order valence-electron chi connectivity index (χ4n) is 7.61. The Balaban J connectivity index is 1.69. The van der Waals surface area contributed by atoms with Crippen molar-refractivity contribution in [3.63, 3.8) is 0 Å². The minimum atomic E-state index is 0.0922. The average molecular weight is 332 g/mol. The number of nitrogens with zero attached hydrogens (tertiary/aromatic N) is 2. The van der Waals surface area contributed by atoms with Crippen LogP contribution in [-0.2, 0) is 4.79 Å². The van der Waals surface area contributed by atoms with E-state index in [-0.39, 0.29) is 10.8 Å². The number of hydrogen-bond donors (Lipinski definition) is 1. The van der Waals surface area contributed by atoms with Gasteiger partial charge in [-0.3, -0.25) is 4.79 Å². The predicted molar refractivity (Wildman–Crippen MR) is 93.9 cm³/mol. The largest absolute Gasteiger partial charge is 0.411 e. The number of fused-ring (bicyclic) bond motifs is 5. The topological polar surface area (TPSA) is 52.9 Å². The van der Waals surface area contributed by atoms with Gasteiger partial charge in [-0.25, -0.2) is 0 Å². The number of carbonyl (C=O) groups excluding carboxylic acids is 1. The second kappa shape index (κ2) is 5.22. The molecule has 2 unspecified atom stereocenters. The van der Waals surface area contributed by atoms with E-state index in [4.69, 9.17) is 0 Å². The zero-order valence-corrected chi connectivity index (χ0v) is 15.6. The van der Waals surface area contributed by atoms with Gasteiger partial charge in [0, 0.05) is 24.9 Å². The third kappa shape index (κ3) is 1.91. The molecule has 1 N–H and O–H groups in total. The molecule has 1 aliphatic heterocycles. The normalized spacial score (nSPS) is 52.8. The molecule has 0 bridgehead atoms. The van der Waals surface area contributed by atoms with E-state index in [1.165, 1.54) is 12.8 Å². The maximum Gasteiger partial charge on any atom is 0.222 e. The SMILES string of the molecule is CC1CC(=NO)[C@@]2(C)CC[C@@H]3[C@@H](CCC4N(C)C(=O)CC[C@@]43C)[C@H]12. The molecule has 4 rings (SSSR count). The number of hydrogen-bond acceptors (Lipinski definition) is 3. The van der Waals surface area contributed by atoms with Gasteiger partial charge in [0.2, 0.25) is 5.91 Å². The van der Waals surface area contributed by atoms with Crippen LogP contribution in [0.2, 0.25) is 0 Å². The third-order valence-electron chi connectivity index (χ3n) is 8.72. The number of amides is 1. The summed E-state index contributed by atoms with van der Waals surface area (Å²) in [6, 6.07) is 0.423. The quantitative estimate of drug-likeness (QED) is 0.540. The Morgan fingerprint density at radius 1 is 1.21 bits per heavy atom. The maximum absolute atomic E-state index is 12.2. The lowest BCUT2D eigenvalue weighted by Gasteiger charge is -2.61. The minimum absolute atomic E-state index is 0.0922. The van der Waals surface area contributed by atoms with Gasteiger partial charge in [0.1, 0.15) is 0 Å². The Morgan fingerprint density at radius 3 is 2.67 bits per heavy atom. The van der Waals surface area contributed by atoms with Gasteiger partial charge in [-0.15, -0.1) is 0 Å². The van der Waals surface area contributed by atoms with E-state index in [9.17, 15) is 10.0 Å². The number of rotatable bonds is 0. The van der Waals surface area contributed by atoms with Crippen molar-refractivity contribution < 1.29 is 10.0 Å². The standard InChI is InChI=1S/C20H32N2O2/c1-12-11-15(21-24)20(3)9-7-14-13(18(12)20)5-6-16-19(14,2)10-8-17(23)22(16)4/h12-14,16,18,24H,5-11H2,1-4H3/t12?,13-,14-,16?,18+,19-,20-/m1/s1. The van der Waals surface area contributed by atoms with Crippen LogP contribution < -0.4 is 0 Å². The van der Waals surface area contributed by atoms with Gasteiger partial charge in [-0.05, 0) is 67.6 Å². The molecule has 1 amide bonds. The molecule has 1 heterocycles. The van der Waals surface area contributed by atoms with Gasteiger partial charge in [0.25, 0.3) is 0 Å². The van der Waals surface area contributed by atoms with Crippen LogP contribution in [0.4, 0.5) is 0 Å². The summed E-state index contributed by atoms with van der Waals surface area (Å²) in [5.41, 5.74) is 1.40. The lowest BCUT2D eigenvalue weighted by molar-refractivity contribution is -0.156. The molecule has 4 fully saturated rings. The van der Waals surface area contributed by atoms with Crippen LogP contribution in [0.25, 0.3) is 0 Å². The van der Waals surface area contributed by atoms with E-state index in [1.807, 2.05) is 7.05 Å². The molecule has 4 heteroatoms. The highest BCUT2D eigenvalue weighted by atomic mass is 16.4. The molecule has 4 nitrogen and oxygen atoms in total. The first-order valence-electron chi connectivity index (χ1n) is 9.80. The Kier molecular flexibility index (Phi) is 3.57. The maximum atomic E-state index is 12.2. The first kappa shape index (κ1) is 16.4. The van der Waals surface area contributed by atoms with E-state index < -0.39 is 0 Å². The number of oxime groups is 1. The summed E-state index contributed by atoms with van der Waals surface area (Å²) in [6.07, 6.45) is 7.46. The summed E-state index contributed by atoms with van der Waals surface area (Å²) < 4.78 is 0. The Hall–Kier alpha value is -1.06. The van der Waals surface area contributed by atoms with E-state index in [0.717, 1.165) is 37.3 Å². The summed E-state index contributed by atoms with van der Waals surface area (Å²) in [6.45, 7) is 7.16. The zero-order chi connectivity index (χ0) is 17.3. The summed E-state index contributed by atoms with van der Waals surface area (Å²) in [4.78, 5) is 14.3. The first-order chi connectivity index (χ1) is 11.3. The second-order valence-corrected chi connectivity index (χ2v) is 9.58. The van der Waals surface area contributed by atoms with Gasteiger partial charge >= 0.3 is 0 Å². The van der Waals surface area contributed by atoms with Crippen molar-refractivity contribution in [3.8, 4) is 0 Å². The predicted octanol–water partition coefficient (Wildman–Crippen LogP) is 3.93. The summed E-state index contributed by atoms with van der Waals surface area (Å²) >= 11 is 0. The monoisotopic (exact) mass is 332 g/mol. The summed E-state index contributed by atoms with van der Waals surface area (Å²) in [5, 5.41) is 13.2. The fourth-order valence-corrected chi connectivity index (χ4v) is 7.61. The first-order valence-corrected chi connectivity index (χ1v) is 9.80. The molecule has 0 aromatic rings. The van der Waals surface area contributed by atoms with Crippen molar-refractivity contribution in [2.45, 2.75) is 71.8 Å². The second-order valence-electron chi connectivity index (χ2n) is 9.58. The lowest BCUT2D eigenvalue weighted by atomic mass is 9.46. The number of piperidine rings is 1. The van der Waals surface area contributed by atoms with Crippen molar-refractivity contribution in [3.05, 3.63) is 0 Å². The van der Waals surface area contributed by atoms with Crippen LogP contribution in [0.3, 0.4) is 0 Å². The molecule has 0 radical (unpaired) electrons. The minimum Gasteiger partial charge on any atom is -0.411 e. The van der Waals surface area contributed by atoms with Crippen LogP contribution in [0.15, 0.2) is 5.16 Å². The van der Waals surface area contributed by atoms with Gasteiger partial charge in [-0.2, -0.15) is 0 Å². The molecule has 0 aromatic heterocycles. The van der Waals surface area contributed by atoms with Gasteiger partial charge in [0.05, 0.1) is 5.71 Å². The number of likely N-dealkylation sites (tertiary alicyclic amines) is 1. The van der Waals surface area contributed by atoms with Crippen LogP contribution in [0.1, 0.15) is 65.7 Å². The third-order valence-corrected chi connectivity index (χ3v) is 8.72. The Bertz CT molecular complexity index is 588. The number of carbonyl (C=O) groups is 1. The Labute approximate surface area is 145 Å². The van der Waals surface area contributed by atoms with E-state index >= 15 is 0 Å². The van der Waals surface area contributed by atoms with Crippen molar-refractivity contribution in [1.82, 2.24) is 4.90 Å². The zero-order valence-electron chi connectivity index (χ0n) is 15.6. The van der Waals surface area contributed by atoms with Gasteiger partial charge < -0.3 is 10.1 Å². The van der Waals surface area contributed by atoms with Crippen LogP contribution in [0.5, 0.6) is 0 Å². The highest BCUT2D eigenvalue weighted by molar-refractivity contribution is 5.92. The van der Waals surface area contributed by atoms with E-state index in [2.05, 4.69) is 30.8 Å². The molecular formula is C20H32N2O2. The van der Waals surface area contributed by atoms with Crippen LogP contribution in [0, 0.1) is 34.5 Å². The summed E-state index contributed by atoms with van der Waals surface area (Å²) in [5.74, 6) is 3.02. The van der Waals surface area contributed by atoms with Crippen molar-refractivity contribution >= 4 is 11.6 Å². The summed E-state index contributed by atoms with van der Waals surface area (Å²) in [7, 11) is 2.02. The fraction of sp³-hybridized carbons (Fsp3) is 0.900. The van der Waals surface area contributed by atoms with E-state index in [0.29, 0.717) is 36.1 Å². The van der Waals surface area contributed by atoms with E-state index in [1.54, 1.807) is 0 Å². The van der Waals surface area contributed by atoms with Crippen molar-refractivity contribution in [1.29, 1.82) is 0 Å². The Morgan fingerprint density at radius 2 is 1.96 bits per heavy atom. The highest BCUT2D eigenvalue weighted by Crippen LogP contribution is 2.65. The molecule has 134 valence electrons. The lowest BCUT2D eigenvalue weighted by Crippen LogP contribution is -2.61. The highest BCUT2D eigenvalue weighted by Gasteiger charge is 2.62. The van der Waals surface area contributed by atoms with Crippen LogP contribution >= 0.6 is 0 Å². The van der Waals surface area contributed by atoms with Gasteiger partial charge in [0.15, 0.2) is 0 Å². The molecule has 4 aliphatic rings. The molecular weight excluding hydrogens is 300 g/mol. The molecule has 1 saturated heterocycles. The molecule has 0 spiro atoms. The molecule has 3 saturated carbocycles. The van der Waals surface area contributed by atoms with Crippen molar-refractivity contribution in [2.24, 2.45) is 39.7 Å². The van der Waals surface area contributed by atoms with Gasteiger partial charge in [-0.1, -0.05) is 25.9 Å². The van der Waals surface area contributed by atoms with Crippen molar-refractivity contribution in [2.75, 3.05) is 7.05 Å². The molecule has 7 atom stereocenters. The smallest absolute Gasteiger partial charge is 0.222 e.